The number of hydrogen-bond donors (Lipinski definition) is 1. The zero-order chi connectivity index (χ0) is 13.8. The Morgan fingerprint density at radius 1 is 1.11 bits per heavy atom. The van der Waals surface area contributed by atoms with Crippen molar-refractivity contribution in [2.24, 2.45) is 0 Å². The van der Waals surface area contributed by atoms with Crippen molar-refractivity contribution in [1.29, 1.82) is 10.7 Å². The quantitative estimate of drug-likeness (QED) is 0.783. The number of nitrogens with one attached hydrogen (secondary N) is 1. The number of benzene rings is 2. The second-order valence-corrected chi connectivity index (χ2v) is 4.48. The highest BCUT2D eigenvalue weighted by molar-refractivity contribution is 6.39. The second-order valence-electron chi connectivity index (χ2n) is 3.66. The number of anilines is 2. The van der Waals surface area contributed by atoms with Gasteiger partial charge in [0.2, 0.25) is 5.39 Å². The van der Waals surface area contributed by atoms with Crippen molar-refractivity contribution < 1.29 is 0 Å². The van der Waals surface area contributed by atoms with Crippen LogP contribution < -0.4 is 5.32 Å². The summed E-state index contributed by atoms with van der Waals surface area (Å²) in [5, 5.41) is 21.7. The summed E-state index contributed by atoms with van der Waals surface area (Å²) in [6.07, 6.45) is 0. The lowest BCUT2D eigenvalue weighted by Crippen LogP contribution is -1.95. The first-order valence-corrected chi connectivity index (χ1v) is 6.01. The Bertz CT molecular complexity index is 693. The van der Waals surface area contributed by atoms with Crippen molar-refractivity contribution in [1.82, 2.24) is 0 Å². The summed E-state index contributed by atoms with van der Waals surface area (Å²) in [5.41, 5.74) is 1.68. The molecule has 0 amide bonds. The fourth-order valence-electron chi connectivity index (χ4n) is 1.55. The molecule has 19 heavy (non-hydrogen) atoms. The van der Waals surface area contributed by atoms with Crippen LogP contribution in [0.5, 0.6) is 0 Å². The largest absolute Gasteiger partial charge is 0.386 e. The number of para-hydroxylation sites is 1. The predicted octanol–water partition coefficient (Wildman–Crippen LogP) is 5.09. The summed E-state index contributed by atoms with van der Waals surface area (Å²) >= 11 is 12.1. The van der Waals surface area contributed by atoms with Gasteiger partial charge in [0.1, 0.15) is 6.07 Å². The molecule has 0 saturated carbocycles. The Morgan fingerprint density at radius 2 is 1.79 bits per heavy atom. The molecule has 0 radical (unpaired) electrons. The fraction of sp³-hybridized carbons (Fsp3) is 0. The molecule has 0 fully saturated rings. The van der Waals surface area contributed by atoms with Gasteiger partial charge in [0, 0.05) is 6.07 Å². The number of nitrogens with zero attached hydrogens (tertiary/aromatic N) is 3. The lowest BCUT2D eigenvalue weighted by atomic mass is 10.1. The minimum atomic E-state index is 0.298. The molecule has 0 spiro atoms. The lowest BCUT2D eigenvalue weighted by Gasteiger charge is -2.10. The molecule has 1 N–H and O–H groups in total. The minimum absolute atomic E-state index is 0.298. The number of diazo groups is 1. The van der Waals surface area contributed by atoms with Crippen LogP contribution in [0.3, 0.4) is 0 Å². The third-order valence-electron chi connectivity index (χ3n) is 2.46. The maximum absolute atomic E-state index is 9.08. The predicted molar refractivity (Wildman–Crippen MR) is 75.6 cm³/mol. The standard InChI is InChI=1S/C13H7Cl2N4/c14-10-2-1-3-11(15)13(10)18-12-5-4-9(19-17)6-8(12)7-16/h1-6,18H/q+1. The van der Waals surface area contributed by atoms with Gasteiger partial charge < -0.3 is 5.32 Å². The van der Waals surface area contributed by atoms with Crippen LogP contribution >= 0.6 is 23.2 Å². The molecule has 6 heteroatoms. The van der Waals surface area contributed by atoms with Gasteiger partial charge in [-0.25, -0.2) is 0 Å². The van der Waals surface area contributed by atoms with Gasteiger partial charge in [-0.05, 0) is 18.2 Å². The molecule has 0 saturated heterocycles. The van der Waals surface area contributed by atoms with Crippen LogP contribution in [0, 0.1) is 16.7 Å². The summed E-state index contributed by atoms with van der Waals surface area (Å²) in [6.45, 7) is 0. The van der Waals surface area contributed by atoms with Crippen molar-refractivity contribution in [3.63, 3.8) is 0 Å². The van der Waals surface area contributed by atoms with Gasteiger partial charge in [0.05, 0.1) is 33.0 Å². The van der Waals surface area contributed by atoms with Gasteiger partial charge in [0.25, 0.3) is 0 Å². The maximum atomic E-state index is 9.08. The minimum Gasteiger partial charge on any atom is -0.352 e. The van der Waals surface area contributed by atoms with E-state index in [1.807, 2.05) is 6.07 Å². The van der Waals surface area contributed by atoms with Crippen molar-refractivity contribution in [2.45, 2.75) is 0 Å². The van der Waals surface area contributed by atoms with Gasteiger partial charge in [-0.1, -0.05) is 29.3 Å². The van der Waals surface area contributed by atoms with Crippen molar-refractivity contribution in [3.8, 4) is 6.07 Å². The van der Waals surface area contributed by atoms with E-state index in [0.717, 1.165) is 0 Å². The Kier molecular flexibility index (Phi) is 3.87. The SMILES string of the molecule is N#Cc1cc([N+]#N)ccc1Nc1c(Cl)cccc1Cl. The van der Waals surface area contributed by atoms with Crippen LogP contribution in [0.1, 0.15) is 5.56 Å². The average Bonchev–Trinajstić information content (AvgIpc) is 2.43. The fourth-order valence-corrected chi connectivity index (χ4v) is 2.04. The third kappa shape index (κ3) is 2.77. The van der Waals surface area contributed by atoms with Gasteiger partial charge in [-0.2, -0.15) is 5.26 Å². The molecular formula is C13H7Cl2N4+. The van der Waals surface area contributed by atoms with E-state index in [-0.39, 0.29) is 0 Å². The molecule has 4 nitrogen and oxygen atoms in total. The van der Waals surface area contributed by atoms with Crippen LogP contribution in [0.2, 0.25) is 10.0 Å². The third-order valence-corrected chi connectivity index (χ3v) is 3.09. The summed E-state index contributed by atoms with van der Waals surface area (Å²) in [6, 6.07) is 11.8. The van der Waals surface area contributed by atoms with Crippen molar-refractivity contribution in [2.75, 3.05) is 5.32 Å². The molecular weight excluding hydrogens is 283 g/mol. The van der Waals surface area contributed by atoms with E-state index in [1.165, 1.54) is 6.07 Å². The Morgan fingerprint density at radius 3 is 2.37 bits per heavy atom. The van der Waals surface area contributed by atoms with Crippen molar-refractivity contribution in [3.05, 3.63) is 57.0 Å². The first kappa shape index (κ1) is 13.2. The molecule has 0 unspecified atom stereocenters. The van der Waals surface area contributed by atoms with E-state index in [0.29, 0.717) is 32.7 Å². The topological polar surface area (TPSA) is 64.0 Å². The van der Waals surface area contributed by atoms with E-state index in [4.69, 9.17) is 33.9 Å². The van der Waals surface area contributed by atoms with E-state index >= 15 is 0 Å². The first-order valence-electron chi connectivity index (χ1n) is 5.26. The normalized spacial score (nSPS) is 9.47. The van der Waals surface area contributed by atoms with Gasteiger partial charge in [0.15, 0.2) is 4.98 Å². The molecule has 0 aliphatic heterocycles. The summed E-state index contributed by atoms with van der Waals surface area (Å²) < 4.78 is 0. The van der Waals surface area contributed by atoms with Crippen LogP contribution in [0.4, 0.5) is 17.1 Å². The zero-order valence-corrected chi connectivity index (χ0v) is 11.1. The van der Waals surface area contributed by atoms with Crippen LogP contribution in [-0.2, 0) is 0 Å². The lowest BCUT2D eigenvalue weighted by molar-refractivity contribution is 1.43. The number of hydrogen-bond acceptors (Lipinski definition) is 3. The molecule has 2 aromatic carbocycles. The Hall–Kier alpha value is -2.27. The molecule has 2 aromatic rings. The molecule has 0 aromatic heterocycles. The first-order chi connectivity index (χ1) is 9.15. The van der Waals surface area contributed by atoms with E-state index in [1.54, 1.807) is 30.3 Å². The summed E-state index contributed by atoms with van der Waals surface area (Å²) in [5.74, 6) is 0. The number of rotatable bonds is 2. The molecule has 0 atom stereocenters. The van der Waals surface area contributed by atoms with E-state index in [2.05, 4.69) is 10.3 Å². The monoisotopic (exact) mass is 289 g/mol. The highest BCUT2D eigenvalue weighted by Crippen LogP contribution is 2.34. The van der Waals surface area contributed by atoms with Gasteiger partial charge >= 0.3 is 5.69 Å². The van der Waals surface area contributed by atoms with Crippen LogP contribution in [0.15, 0.2) is 36.4 Å². The smallest absolute Gasteiger partial charge is 0.352 e. The molecule has 2 rings (SSSR count). The molecule has 0 bridgehead atoms. The zero-order valence-electron chi connectivity index (χ0n) is 9.56. The molecule has 0 aliphatic rings. The Labute approximate surface area is 119 Å². The van der Waals surface area contributed by atoms with Gasteiger partial charge in [-0.3, -0.25) is 0 Å². The second kappa shape index (κ2) is 5.58. The maximum Gasteiger partial charge on any atom is 0.386 e. The molecule has 0 heterocycles. The van der Waals surface area contributed by atoms with Crippen LogP contribution in [0.25, 0.3) is 4.98 Å². The van der Waals surface area contributed by atoms with Crippen molar-refractivity contribution >= 4 is 40.3 Å². The Balaban J connectivity index is 2.45. The van der Waals surface area contributed by atoms with Crippen LogP contribution in [-0.4, -0.2) is 0 Å². The molecule has 0 aliphatic carbocycles. The number of halogens is 2. The summed E-state index contributed by atoms with van der Waals surface area (Å²) in [4.78, 5) is 3.03. The summed E-state index contributed by atoms with van der Waals surface area (Å²) in [7, 11) is 0. The highest BCUT2D eigenvalue weighted by atomic mass is 35.5. The van der Waals surface area contributed by atoms with Gasteiger partial charge in [-0.15, -0.1) is 0 Å². The van der Waals surface area contributed by atoms with E-state index < -0.39 is 0 Å². The highest BCUT2D eigenvalue weighted by Gasteiger charge is 2.12. The number of nitriles is 1. The average molecular weight is 290 g/mol. The van der Waals surface area contributed by atoms with E-state index in [9.17, 15) is 0 Å². The molecule has 92 valence electrons.